The van der Waals surface area contributed by atoms with Crippen LogP contribution in [0.3, 0.4) is 0 Å². The standard InChI is InChI=1S/C13H20FNO2S/c1-4-18(16,17)9-10(2)15-11(3)12-6-5-7-13(14)8-12/h5-8,10-11,15H,4,9H2,1-3H3/t10-,11+/m0/s1. The van der Waals surface area contributed by atoms with E-state index in [0.717, 1.165) is 5.56 Å². The van der Waals surface area contributed by atoms with Crippen molar-refractivity contribution in [1.82, 2.24) is 5.32 Å². The summed E-state index contributed by atoms with van der Waals surface area (Å²) in [5.41, 5.74) is 0.816. The molecule has 2 atom stereocenters. The fourth-order valence-electron chi connectivity index (χ4n) is 1.85. The molecule has 0 aliphatic heterocycles. The van der Waals surface area contributed by atoms with Crippen LogP contribution in [0.1, 0.15) is 32.4 Å². The number of nitrogens with one attached hydrogen (secondary N) is 1. The highest BCUT2D eigenvalue weighted by Gasteiger charge is 2.16. The van der Waals surface area contributed by atoms with Gasteiger partial charge >= 0.3 is 0 Å². The van der Waals surface area contributed by atoms with Crippen LogP contribution in [-0.2, 0) is 9.84 Å². The molecule has 0 saturated carbocycles. The zero-order valence-electron chi connectivity index (χ0n) is 11.0. The minimum Gasteiger partial charge on any atom is -0.307 e. The topological polar surface area (TPSA) is 46.2 Å². The first-order valence-electron chi connectivity index (χ1n) is 6.06. The molecule has 0 aliphatic rings. The number of sulfone groups is 1. The lowest BCUT2D eigenvalue weighted by molar-refractivity contribution is 0.497. The van der Waals surface area contributed by atoms with E-state index >= 15 is 0 Å². The number of hydrogen-bond acceptors (Lipinski definition) is 3. The van der Waals surface area contributed by atoms with Crippen LogP contribution in [0.15, 0.2) is 24.3 Å². The molecule has 0 aromatic heterocycles. The summed E-state index contributed by atoms with van der Waals surface area (Å²) in [5.74, 6) is -0.0359. The molecule has 5 heteroatoms. The number of hydrogen-bond donors (Lipinski definition) is 1. The zero-order chi connectivity index (χ0) is 13.8. The Balaban J connectivity index is 2.62. The summed E-state index contributed by atoms with van der Waals surface area (Å²) < 4.78 is 36.0. The van der Waals surface area contributed by atoms with Gasteiger partial charge < -0.3 is 5.32 Å². The minimum absolute atomic E-state index is 0.0808. The van der Waals surface area contributed by atoms with Crippen molar-refractivity contribution in [3.63, 3.8) is 0 Å². The van der Waals surface area contributed by atoms with Crippen molar-refractivity contribution < 1.29 is 12.8 Å². The largest absolute Gasteiger partial charge is 0.307 e. The van der Waals surface area contributed by atoms with Crippen LogP contribution < -0.4 is 5.32 Å². The molecule has 0 bridgehead atoms. The first kappa shape index (κ1) is 15.1. The van der Waals surface area contributed by atoms with Crippen LogP contribution >= 0.6 is 0 Å². The molecule has 3 nitrogen and oxygen atoms in total. The molecule has 102 valence electrons. The third-order valence-electron chi connectivity index (χ3n) is 2.83. The fraction of sp³-hybridized carbons (Fsp3) is 0.538. The van der Waals surface area contributed by atoms with E-state index in [0.29, 0.717) is 0 Å². The molecule has 0 unspecified atom stereocenters. The van der Waals surface area contributed by atoms with Gasteiger partial charge in [-0.1, -0.05) is 19.1 Å². The van der Waals surface area contributed by atoms with Gasteiger partial charge in [-0.05, 0) is 31.5 Å². The van der Waals surface area contributed by atoms with E-state index in [1.165, 1.54) is 12.1 Å². The Morgan fingerprint density at radius 2 is 2.00 bits per heavy atom. The summed E-state index contributed by atoms with van der Waals surface area (Å²) in [4.78, 5) is 0. The van der Waals surface area contributed by atoms with Gasteiger partial charge in [-0.3, -0.25) is 0 Å². The lowest BCUT2D eigenvalue weighted by Gasteiger charge is -2.20. The van der Waals surface area contributed by atoms with Gasteiger partial charge in [0.2, 0.25) is 0 Å². The molecule has 1 aromatic rings. The van der Waals surface area contributed by atoms with Crippen molar-refractivity contribution in [2.45, 2.75) is 32.9 Å². The third-order valence-corrected chi connectivity index (χ3v) is 4.71. The molecule has 0 fully saturated rings. The Kier molecular flexibility index (Phi) is 5.28. The first-order valence-corrected chi connectivity index (χ1v) is 7.88. The molecule has 1 N–H and O–H groups in total. The lowest BCUT2D eigenvalue weighted by Crippen LogP contribution is -2.35. The van der Waals surface area contributed by atoms with Crippen molar-refractivity contribution in [3.05, 3.63) is 35.6 Å². The average molecular weight is 273 g/mol. The summed E-state index contributed by atoms with van der Waals surface area (Å²) in [6.07, 6.45) is 0. The average Bonchev–Trinajstić information content (AvgIpc) is 2.28. The predicted molar refractivity (Wildman–Crippen MR) is 71.7 cm³/mol. The van der Waals surface area contributed by atoms with Gasteiger partial charge in [-0.25, -0.2) is 12.8 Å². The van der Waals surface area contributed by atoms with E-state index < -0.39 is 9.84 Å². The molecular formula is C13H20FNO2S. The highest BCUT2D eigenvalue weighted by molar-refractivity contribution is 7.91. The summed E-state index contributed by atoms with van der Waals surface area (Å²) in [6.45, 7) is 5.35. The van der Waals surface area contributed by atoms with Crippen LogP contribution in [0.2, 0.25) is 0 Å². The molecule has 0 radical (unpaired) electrons. The summed E-state index contributed by atoms with van der Waals surface area (Å²) >= 11 is 0. The highest BCUT2D eigenvalue weighted by atomic mass is 32.2. The van der Waals surface area contributed by atoms with Crippen LogP contribution in [0.25, 0.3) is 0 Å². The van der Waals surface area contributed by atoms with Crippen molar-refractivity contribution >= 4 is 9.84 Å². The normalized spacial score (nSPS) is 15.3. The van der Waals surface area contributed by atoms with Gasteiger partial charge in [-0.15, -0.1) is 0 Å². The quantitative estimate of drug-likeness (QED) is 0.865. The van der Waals surface area contributed by atoms with Crippen molar-refractivity contribution in [1.29, 1.82) is 0 Å². The SMILES string of the molecule is CCS(=O)(=O)C[C@H](C)N[C@H](C)c1cccc(F)c1. The second kappa shape index (κ2) is 6.29. The molecule has 0 aliphatic carbocycles. The summed E-state index contributed by atoms with van der Waals surface area (Å²) in [7, 11) is -2.99. The first-order chi connectivity index (χ1) is 8.34. The lowest BCUT2D eigenvalue weighted by atomic mass is 10.1. The second-order valence-corrected chi connectivity index (χ2v) is 6.94. The summed E-state index contributed by atoms with van der Waals surface area (Å²) in [6, 6.07) is 6.08. The Hall–Kier alpha value is -0.940. The minimum atomic E-state index is -2.99. The molecule has 0 heterocycles. The molecular weight excluding hydrogens is 253 g/mol. The molecule has 1 rings (SSSR count). The van der Waals surface area contributed by atoms with E-state index in [9.17, 15) is 12.8 Å². The third kappa shape index (κ3) is 4.74. The summed E-state index contributed by atoms with van der Waals surface area (Å²) in [5, 5.41) is 3.17. The number of halogens is 1. The maximum absolute atomic E-state index is 13.1. The Labute approximate surface area is 108 Å². The van der Waals surface area contributed by atoms with E-state index in [1.807, 2.05) is 19.9 Å². The maximum Gasteiger partial charge on any atom is 0.151 e. The zero-order valence-corrected chi connectivity index (χ0v) is 11.8. The second-order valence-electron chi connectivity index (χ2n) is 4.54. The Morgan fingerprint density at radius 1 is 1.33 bits per heavy atom. The van der Waals surface area contributed by atoms with Crippen LogP contribution in [0, 0.1) is 5.82 Å². The van der Waals surface area contributed by atoms with Crippen LogP contribution in [0.4, 0.5) is 4.39 Å². The molecule has 0 amide bonds. The number of benzene rings is 1. The maximum atomic E-state index is 13.1. The van der Waals surface area contributed by atoms with Crippen molar-refractivity contribution in [2.24, 2.45) is 0 Å². The smallest absolute Gasteiger partial charge is 0.151 e. The fourth-order valence-corrected chi connectivity index (χ4v) is 2.94. The van der Waals surface area contributed by atoms with Gasteiger partial charge in [0.05, 0.1) is 5.75 Å². The van der Waals surface area contributed by atoms with Gasteiger partial charge in [-0.2, -0.15) is 0 Å². The highest BCUT2D eigenvalue weighted by Crippen LogP contribution is 2.14. The Bertz CT molecular complexity index is 488. The van der Waals surface area contributed by atoms with Crippen LogP contribution in [-0.4, -0.2) is 26.0 Å². The van der Waals surface area contributed by atoms with Gasteiger partial charge in [0.15, 0.2) is 9.84 Å². The monoisotopic (exact) mass is 273 g/mol. The van der Waals surface area contributed by atoms with Gasteiger partial charge in [0.25, 0.3) is 0 Å². The number of rotatable bonds is 6. The molecule has 18 heavy (non-hydrogen) atoms. The van der Waals surface area contributed by atoms with E-state index in [1.54, 1.807) is 13.0 Å². The van der Waals surface area contributed by atoms with Crippen molar-refractivity contribution in [2.75, 3.05) is 11.5 Å². The van der Waals surface area contributed by atoms with E-state index in [4.69, 9.17) is 0 Å². The predicted octanol–water partition coefficient (Wildman–Crippen LogP) is 2.30. The van der Waals surface area contributed by atoms with Gasteiger partial charge in [0.1, 0.15) is 5.82 Å². The Morgan fingerprint density at radius 3 is 2.56 bits per heavy atom. The van der Waals surface area contributed by atoms with E-state index in [-0.39, 0.29) is 29.4 Å². The molecule has 0 spiro atoms. The van der Waals surface area contributed by atoms with Crippen molar-refractivity contribution in [3.8, 4) is 0 Å². The van der Waals surface area contributed by atoms with Crippen LogP contribution in [0.5, 0.6) is 0 Å². The molecule has 1 aromatic carbocycles. The molecule has 0 saturated heterocycles. The van der Waals surface area contributed by atoms with Gasteiger partial charge in [0, 0.05) is 17.8 Å². The van der Waals surface area contributed by atoms with E-state index in [2.05, 4.69) is 5.32 Å².